The highest BCUT2D eigenvalue weighted by molar-refractivity contribution is 5.03. The minimum Gasteiger partial charge on any atom is -0.379 e. The molecular weight excluding hydrogens is 270 g/mol. The van der Waals surface area contributed by atoms with E-state index in [1.807, 2.05) is 6.20 Å². The molecule has 0 aliphatic rings. The zero-order chi connectivity index (χ0) is 16.6. The summed E-state index contributed by atoms with van der Waals surface area (Å²) < 4.78 is 0. The number of unbranched alkanes of at least 4 members (excludes halogenated alkanes) is 6. The van der Waals surface area contributed by atoms with E-state index in [2.05, 4.69) is 49.7 Å². The van der Waals surface area contributed by atoms with Gasteiger partial charge in [0.05, 0.1) is 6.20 Å². The number of hydrogen-bond donors (Lipinski definition) is 0. The summed E-state index contributed by atoms with van der Waals surface area (Å²) in [5.41, 5.74) is 1.30. The van der Waals surface area contributed by atoms with Crippen LogP contribution < -0.4 is 0 Å². The van der Waals surface area contributed by atoms with Gasteiger partial charge in [-0.3, -0.25) is 0 Å². The molecule has 3 heteroatoms. The van der Waals surface area contributed by atoms with E-state index >= 15 is 0 Å². The molecule has 0 fully saturated rings. The SMILES string of the molecule is C=CN=N/C=C(/C(CCCCCC)CCCCCC)N(C)C. The van der Waals surface area contributed by atoms with Crippen LogP contribution in [0.1, 0.15) is 78.1 Å². The van der Waals surface area contributed by atoms with Gasteiger partial charge in [0, 0.05) is 31.9 Å². The molecule has 0 spiro atoms. The molecule has 0 aromatic rings. The molecule has 0 bridgehead atoms. The first-order valence-electron chi connectivity index (χ1n) is 9.05. The fraction of sp³-hybridized carbons (Fsp3) is 0.789. The molecule has 3 nitrogen and oxygen atoms in total. The summed E-state index contributed by atoms with van der Waals surface area (Å²) in [6.07, 6.45) is 16.5. The van der Waals surface area contributed by atoms with E-state index in [1.165, 1.54) is 76.1 Å². The van der Waals surface area contributed by atoms with Gasteiger partial charge in [0.2, 0.25) is 0 Å². The molecule has 0 aliphatic heterocycles. The molecule has 0 aromatic carbocycles. The second-order valence-electron chi connectivity index (χ2n) is 6.26. The topological polar surface area (TPSA) is 28.0 Å². The molecule has 0 rings (SSSR count). The first-order valence-corrected chi connectivity index (χ1v) is 9.05. The van der Waals surface area contributed by atoms with E-state index in [9.17, 15) is 0 Å². The Kier molecular flexibility index (Phi) is 14.0. The third-order valence-corrected chi connectivity index (χ3v) is 4.09. The molecule has 0 radical (unpaired) electrons. The Labute approximate surface area is 138 Å². The molecule has 0 aromatic heterocycles. The van der Waals surface area contributed by atoms with Gasteiger partial charge in [-0.15, -0.1) is 0 Å². The Morgan fingerprint density at radius 3 is 1.86 bits per heavy atom. The number of azo groups is 1. The Morgan fingerprint density at radius 1 is 0.909 bits per heavy atom. The van der Waals surface area contributed by atoms with Gasteiger partial charge < -0.3 is 4.90 Å². The highest BCUT2D eigenvalue weighted by Crippen LogP contribution is 2.27. The second kappa shape index (κ2) is 14.8. The van der Waals surface area contributed by atoms with Crippen molar-refractivity contribution in [2.24, 2.45) is 16.1 Å². The molecular formula is C19H37N3. The van der Waals surface area contributed by atoms with Crippen molar-refractivity contribution in [3.63, 3.8) is 0 Å². The lowest BCUT2D eigenvalue weighted by Crippen LogP contribution is -2.19. The van der Waals surface area contributed by atoms with Gasteiger partial charge in [0.1, 0.15) is 0 Å². The van der Waals surface area contributed by atoms with Crippen molar-refractivity contribution in [3.05, 3.63) is 24.7 Å². The van der Waals surface area contributed by atoms with Crippen LogP contribution in [0.2, 0.25) is 0 Å². The summed E-state index contributed by atoms with van der Waals surface area (Å²) in [4.78, 5) is 2.20. The van der Waals surface area contributed by atoms with Crippen LogP contribution in [-0.2, 0) is 0 Å². The predicted molar refractivity (Wildman–Crippen MR) is 97.8 cm³/mol. The van der Waals surface area contributed by atoms with Crippen LogP contribution in [-0.4, -0.2) is 19.0 Å². The van der Waals surface area contributed by atoms with Crippen molar-refractivity contribution in [2.45, 2.75) is 78.1 Å². The van der Waals surface area contributed by atoms with E-state index in [1.54, 1.807) is 0 Å². The lowest BCUT2D eigenvalue weighted by Gasteiger charge is -2.26. The monoisotopic (exact) mass is 307 g/mol. The van der Waals surface area contributed by atoms with Crippen LogP contribution in [0.5, 0.6) is 0 Å². The fourth-order valence-corrected chi connectivity index (χ4v) is 2.80. The van der Waals surface area contributed by atoms with Crippen molar-refractivity contribution in [3.8, 4) is 0 Å². The summed E-state index contributed by atoms with van der Waals surface area (Å²) in [5, 5.41) is 8.01. The summed E-state index contributed by atoms with van der Waals surface area (Å²) in [7, 11) is 4.22. The first-order chi connectivity index (χ1) is 10.7. The standard InChI is InChI=1S/C19H37N3/c1-6-9-11-13-15-18(16-14-12-10-7-2)19(22(4)5)17-21-20-8-3/h8,17-18H,3,6-7,9-16H2,1-2,4-5H3/b19-17-,21-20?. The van der Waals surface area contributed by atoms with Gasteiger partial charge in [0.15, 0.2) is 0 Å². The van der Waals surface area contributed by atoms with Gasteiger partial charge in [0.25, 0.3) is 0 Å². The lowest BCUT2D eigenvalue weighted by molar-refractivity contribution is 0.360. The van der Waals surface area contributed by atoms with Gasteiger partial charge in [-0.05, 0) is 12.8 Å². The average molecular weight is 308 g/mol. The molecule has 22 heavy (non-hydrogen) atoms. The molecule has 0 heterocycles. The minimum atomic E-state index is 0.604. The zero-order valence-electron chi connectivity index (χ0n) is 15.4. The fourth-order valence-electron chi connectivity index (χ4n) is 2.80. The third-order valence-electron chi connectivity index (χ3n) is 4.09. The number of hydrogen-bond acceptors (Lipinski definition) is 3. The summed E-state index contributed by atoms with van der Waals surface area (Å²) >= 11 is 0. The number of rotatable bonds is 14. The Bertz CT molecular complexity index is 307. The van der Waals surface area contributed by atoms with E-state index in [0.717, 1.165) is 0 Å². The second-order valence-corrected chi connectivity index (χ2v) is 6.26. The van der Waals surface area contributed by atoms with Crippen molar-refractivity contribution in [1.82, 2.24) is 4.90 Å². The molecule has 0 saturated heterocycles. The van der Waals surface area contributed by atoms with Crippen molar-refractivity contribution in [2.75, 3.05) is 14.1 Å². The predicted octanol–water partition coefficient (Wildman–Crippen LogP) is 6.54. The van der Waals surface area contributed by atoms with Crippen LogP contribution in [0.15, 0.2) is 34.9 Å². The largest absolute Gasteiger partial charge is 0.379 e. The normalized spacial score (nSPS) is 12.3. The molecule has 0 aliphatic carbocycles. The Morgan fingerprint density at radius 2 is 1.45 bits per heavy atom. The minimum absolute atomic E-state index is 0.604. The van der Waals surface area contributed by atoms with Crippen molar-refractivity contribution >= 4 is 0 Å². The van der Waals surface area contributed by atoms with Crippen LogP contribution in [0, 0.1) is 5.92 Å². The maximum Gasteiger partial charge on any atom is 0.0689 e. The van der Waals surface area contributed by atoms with E-state index in [-0.39, 0.29) is 0 Å². The molecule has 0 atom stereocenters. The third kappa shape index (κ3) is 10.6. The van der Waals surface area contributed by atoms with Crippen LogP contribution >= 0.6 is 0 Å². The Hall–Kier alpha value is -1.12. The molecule has 0 amide bonds. The lowest BCUT2D eigenvalue weighted by atomic mass is 9.91. The smallest absolute Gasteiger partial charge is 0.0689 e. The van der Waals surface area contributed by atoms with Gasteiger partial charge in [-0.2, -0.15) is 10.2 Å². The van der Waals surface area contributed by atoms with Crippen molar-refractivity contribution < 1.29 is 0 Å². The maximum atomic E-state index is 4.12. The molecule has 0 saturated carbocycles. The van der Waals surface area contributed by atoms with Gasteiger partial charge in [-0.25, -0.2) is 0 Å². The maximum absolute atomic E-state index is 4.12. The quantitative estimate of drug-likeness (QED) is 0.264. The highest BCUT2D eigenvalue weighted by Gasteiger charge is 2.16. The molecule has 0 unspecified atom stereocenters. The Balaban J connectivity index is 4.68. The first kappa shape index (κ1) is 20.9. The van der Waals surface area contributed by atoms with Crippen LogP contribution in [0.4, 0.5) is 0 Å². The summed E-state index contributed by atoms with van der Waals surface area (Å²) in [5.74, 6) is 0.604. The average Bonchev–Trinajstić information content (AvgIpc) is 2.50. The van der Waals surface area contributed by atoms with Gasteiger partial charge in [-0.1, -0.05) is 71.8 Å². The van der Waals surface area contributed by atoms with Gasteiger partial charge >= 0.3 is 0 Å². The summed E-state index contributed by atoms with van der Waals surface area (Å²) in [6, 6.07) is 0. The number of allylic oxidation sites excluding steroid dienone is 1. The highest BCUT2D eigenvalue weighted by atomic mass is 15.1. The molecule has 0 N–H and O–H groups in total. The van der Waals surface area contributed by atoms with Crippen LogP contribution in [0.3, 0.4) is 0 Å². The zero-order valence-corrected chi connectivity index (χ0v) is 15.4. The molecule has 128 valence electrons. The summed E-state index contributed by atoms with van der Waals surface area (Å²) in [6.45, 7) is 8.12. The van der Waals surface area contributed by atoms with Crippen molar-refractivity contribution in [1.29, 1.82) is 0 Å². The van der Waals surface area contributed by atoms with E-state index in [0.29, 0.717) is 5.92 Å². The number of nitrogens with zero attached hydrogens (tertiary/aromatic N) is 3. The van der Waals surface area contributed by atoms with Crippen LogP contribution in [0.25, 0.3) is 0 Å². The van der Waals surface area contributed by atoms with E-state index in [4.69, 9.17) is 0 Å². The van der Waals surface area contributed by atoms with E-state index < -0.39 is 0 Å².